The number of nitrogens with zero attached hydrogens (tertiary/aromatic N) is 2. The minimum Gasteiger partial charge on any atom is -0.355 e. The Morgan fingerprint density at radius 2 is 2.33 bits per heavy atom. The molecule has 0 radical (unpaired) electrons. The van der Waals surface area contributed by atoms with Crippen LogP contribution in [0.2, 0.25) is 0 Å². The number of amides is 1. The van der Waals surface area contributed by atoms with Gasteiger partial charge < -0.3 is 5.32 Å². The number of alkyl halides is 1. The number of thiazole rings is 1. The van der Waals surface area contributed by atoms with Gasteiger partial charge in [0.25, 0.3) is 0 Å². The first-order valence-electron chi connectivity index (χ1n) is 6.17. The van der Waals surface area contributed by atoms with E-state index in [-0.39, 0.29) is 5.91 Å². The van der Waals surface area contributed by atoms with Crippen molar-refractivity contribution in [3.05, 3.63) is 16.1 Å². The molecule has 0 atom stereocenters. The molecule has 1 heterocycles. The fourth-order valence-corrected chi connectivity index (χ4v) is 2.60. The van der Waals surface area contributed by atoms with Gasteiger partial charge in [0.1, 0.15) is 0 Å². The predicted molar refractivity (Wildman–Crippen MR) is 76.2 cm³/mol. The normalized spacial score (nSPS) is 10.9. The molecule has 6 heteroatoms. The van der Waals surface area contributed by atoms with Crippen LogP contribution in [-0.4, -0.2) is 42.0 Å². The molecule has 1 aromatic rings. The van der Waals surface area contributed by atoms with Crippen LogP contribution in [0.3, 0.4) is 0 Å². The van der Waals surface area contributed by atoms with Gasteiger partial charge in [0.2, 0.25) is 5.91 Å². The van der Waals surface area contributed by atoms with Crippen molar-refractivity contribution < 1.29 is 4.79 Å². The van der Waals surface area contributed by atoms with Crippen LogP contribution in [0, 0.1) is 0 Å². The molecule has 1 amide bonds. The molecule has 0 aliphatic rings. The van der Waals surface area contributed by atoms with Crippen molar-refractivity contribution in [2.75, 3.05) is 26.2 Å². The van der Waals surface area contributed by atoms with E-state index in [4.69, 9.17) is 11.6 Å². The third-order valence-electron chi connectivity index (χ3n) is 2.57. The predicted octanol–water partition coefficient (Wildman–Crippen LogP) is 1.88. The Morgan fingerprint density at radius 3 is 2.89 bits per heavy atom. The van der Waals surface area contributed by atoms with Crippen molar-refractivity contribution in [1.29, 1.82) is 0 Å². The summed E-state index contributed by atoms with van der Waals surface area (Å²) < 4.78 is 0. The van der Waals surface area contributed by atoms with E-state index in [0.717, 1.165) is 30.2 Å². The smallest absolute Gasteiger partial charge is 0.234 e. The standard InChI is InChI=1S/C12H20ClN3OS/c1-3-14-11(17)8-16(4-2)6-5-12-15-10(7-13)9-18-12/h9H,3-8H2,1-2H3,(H,14,17). The molecule has 0 saturated carbocycles. The number of nitrogens with one attached hydrogen (secondary N) is 1. The lowest BCUT2D eigenvalue weighted by molar-refractivity contribution is -0.122. The Kier molecular flexibility index (Phi) is 7.23. The first-order valence-corrected chi connectivity index (χ1v) is 7.59. The molecule has 0 spiro atoms. The van der Waals surface area contributed by atoms with Crippen molar-refractivity contribution in [1.82, 2.24) is 15.2 Å². The van der Waals surface area contributed by atoms with E-state index < -0.39 is 0 Å². The van der Waals surface area contributed by atoms with E-state index >= 15 is 0 Å². The van der Waals surface area contributed by atoms with Crippen LogP contribution >= 0.6 is 22.9 Å². The summed E-state index contributed by atoms with van der Waals surface area (Å²) in [6.07, 6.45) is 0.870. The number of carbonyl (C=O) groups is 1. The molecule has 1 aromatic heterocycles. The molecule has 0 aliphatic carbocycles. The summed E-state index contributed by atoms with van der Waals surface area (Å²) in [7, 11) is 0. The SMILES string of the molecule is CCNC(=O)CN(CC)CCc1nc(CCl)cs1. The summed E-state index contributed by atoms with van der Waals surface area (Å²) in [5.74, 6) is 0.548. The van der Waals surface area contributed by atoms with Gasteiger partial charge >= 0.3 is 0 Å². The molecule has 4 nitrogen and oxygen atoms in total. The average molecular weight is 290 g/mol. The highest BCUT2D eigenvalue weighted by Crippen LogP contribution is 2.12. The Hall–Kier alpha value is -0.650. The van der Waals surface area contributed by atoms with E-state index in [2.05, 4.69) is 22.1 Å². The van der Waals surface area contributed by atoms with Gasteiger partial charge in [0.15, 0.2) is 0 Å². The zero-order valence-corrected chi connectivity index (χ0v) is 12.5. The topological polar surface area (TPSA) is 45.2 Å². The van der Waals surface area contributed by atoms with E-state index in [9.17, 15) is 4.79 Å². The highest BCUT2D eigenvalue weighted by atomic mass is 35.5. The molecule has 0 fully saturated rings. The van der Waals surface area contributed by atoms with Gasteiger partial charge in [0, 0.05) is 24.9 Å². The summed E-state index contributed by atoms with van der Waals surface area (Å²) in [6, 6.07) is 0. The number of carbonyl (C=O) groups excluding carboxylic acids is 1. The molecule has 1 rings (SSSR count). The lowest BCUT2D eigenvalue weighted by Crippen LogP contribution is -2.38. The largest absolute Gasteiger partial charge is 0.355 e. The summed E-state index contributed by atoms with van der Waals surface area (Å²) in [5.41, 5.74) is 0.934. The summed E-state index contributed by atoms with van der Waals surface area (Å²) >= 11 is 7.35. The van der Waals surface area contributed by atoms with Gasteiger partial charge in [-0.05, 0) is 13.5 Å². The minimum absolute atomic E-state index is 0.0833. The van der Waals surface area contributed by atoms with Crippen LogP contribution < -0.4 is 5.32 Å². The monoisotopic (exact) mass is 289 g/mol. The number of halogens is 1. The first kappa shape index (κ1) is 15.4. The second-order valence-corrected chi connectivity index (χ2v) is 5.15. The van der Waals surface area contributed by atoms with Gasteiger partial charge in [-0.25, -0.2) is 4.98 Å². The van der Waals surface area contributed by atoms with Crippen molar-refractivity contribution >= 4 is 28.8 Å². The number of hydrogen-bond acceptors (Lipinski definition) is 4. The Bertz CT molecular complexity index is 370. The molecule has 0 aromatic carbocycles. The lowest BCUT2D eigenvalue weighted by Gasteiger charge is -2.18. The Labute approximate surface area is 117 Å². The highest BCUT2D eigenvalue weighted by Gasteiger charge is 2.09. The maximum Gasteiger partial charge on any atom is 0.234 e. The van der Waals surface area contributed by atoms with Gasteiger partial charge in [-0.1, -0.05) is 6.92 Å². The maximum atomic E-state index is 11.5. The van der Waals surface area contributed by atoms with E-state index in [0.29, 0.717) is 19.0 Å². The molecule has 0 unspecified atom stereocenters. The van der Waals surface area contributed by atoms with Crippen molar-refractivity contribution in [2.45, 2.75) is 26.1 Å². The van der Waals surface area contributed by atoms with Crippen LogP contribution in [0.4, 0.5) is 0 Å². The zero-order valence-electron chi connectivity index (χ0n) is 10.9. The minimum atomic E-state index is 0.0833. The van der Waals surface area contributed by atoms with Gasteiger partial charge in [0.05, 0.1) is 23.1 Å². The Balaban J connectivity index is 2.36. The fraction of sp³-hybridized carbons (Fsp3) is 0.667. The molecular weight excluding hydrogens is 270 g/mol. The second-order valence-electron chi connectivity index (χ2n) is 3.94. The summed E-state index contributed by atoms with van der Waals surface area (Å²) in [6.45, 7) is 6.84. The van der Waals surface area contributed by atoms with Crippen LogP contribution in [0.25, 0.3) is 0 Å². The van der Waals surface area contributed by atoms with Crippen molar-refractivity contribution in [2.24, 2.45) is 0 Å². The molecule has 0 bridgehead atoms. The summed E-state index contributed by atoms with van der Waals surface area (Å²) in [5, 5.41) is 5.88. The van der Waals surface area contributed by atoms with E-state index in [1.54, 1.807) is 11.3 Å². The first-order chi connectivity index (χ1) is 8.69. The maximum absolute atomic E-state index is 11.5. The third kappa shape index (κ3) is 5.33. The summed E-state index contributed by atoms with van der Waals surface area (Å²) in [4.78, 5) is 18.0. The fourth-order valence-electron chi connectivity index (χ4n) is 1.58. The van der Waals surface area contributed by atoms with Gasteiger partial charge in [-0.15, -0.1) is 22.9 Å². The van der Waals surface area contributed by atoms with Crippen LogP contribution in [-0.2, 0) is 17.1 Å². The molecule has 102 valence electrons. The highest BCUT2D eigenvalue weighted by molar-refractivity contribution is 7.09. The Morgan fingerprint density at radius 1 is 1.56 bits per heavy atom. The quantitative estimate of drug-likeness (QED) is 0.743. The number of likely N-dealkylation sites (N-methyl/N-ethyl adjacent to an activating group) is 2. The molecule has 0 aliphatic heterocycles. The van der Waals surface area contributed by atoms with Crippen molar-refractivity contribution in [3.8, 4) is 0 Å². The number of hydrogen-bond donors (Lipinski definition) is 1. The van der Waals surface area contributed by atoms with Crippen molar-refractivity contribution in [3.63, 3.8) is 0 Å². The van der Waals surface area contributed by atoms with Crippen LogP contribution in [0.15, 0.2) is 5.38 Å². The van der Waals surface area contributed by atoms with E-state index in [1.807, 2.05) is 12.3 Å². The van der Waals surface area contributed by atoms with Gasteiger partial charge in [-0.2, -0.15) is 0 Å². The average Bonchev–Trinajstić information content (AvgIpc) is 2.82. The molecular formula is C12H20ClN3OS. The van der Waals surface area contributed by atoms with Crippen LogP contribution in [0.1, 0.15) is 24.5 Å². The number of aromatic nitrogens is 1. The van der Waals surface area contributed by atoms with Crippen LogP contribution in [0.5, 0.6) is 0 Å². The zero-order chi connectivity index (χ0) is 13.4. The molecule has 0 saturated heterocycles. The lowest BCUT2D eigenvalue weighted by atomic mass is 10.3. The molecule has 1 N–H and O–H groups in total. The second kappa shape index (κ2) is 8.45. The number of rotatable bonds is 8. The van der Waals surface area contributed by atoms with Gasteiger partial charge in [-0.3, -0.25) is 9.69 Å². The third-order valence-corrected chi connectivity index (χ3v) is 3.80. The molecule has 18 heavy (non-hydrogen) atoms. The van der Waals surface area contributed by atoms with E-state index in [1.165, 1.54) is 0 Å².